The third kappa shape index (κ3) is 6.04. The van der Waals surface area contributed by atoms with E-state index in [1.165, 1.54) is 10.4 Å². The Balaban J connectivity index is 1.34. The Kier molecular flexibility index (Phi) is 7.25. The van der Waals surface area contributed by atoms with Gasteiger partial charge in [-0.3, -0.25) is 9.59 Å². The summed E-state index contributed by atoms with van der Waals surface area (Å²) < 4.78 is 6.01. The SMILES string of the molecule is CC1(C)CC(CCNC(=O)CCC2(Cc3cccs3)CCC(=O)N2)(c2ccccc2)CCO1. The molecule has 2 aliphatic heterocycles. The number of nitrogens with one attached hydrogen (secondary N) is 2. The van der Waals surface area contributed by atoms with Crippen LogP contribution >= 0.6 is 11.3 Å². The molecular formula is C27H36N2O3S. The van der Waals surface area contributed by atoms with Crippen LogP contribution in [0.15, 0.2) is 47.8 Å². The third-order valence-corrected chi connectivity index (χ3v) is 8.18. The molecule has 1 aromatic heterocycles. The molecule has 2 amide bonds. The number of carbonyl (C=O) groups excluding carboxylic acids is 2. The van der Waals surface area contributed by atoms with E-state index in [4.69, 9.17) is 4.74 Å². The Morgan fingerprint density at radius 3 is 2.61 bits per heavy atom. The van der Waals surface area contributed by atoms with E-state index in [0.29, 0.717) is 25.8 Å². The molecule has 0 spiro atoms. The first-order chi connectivity index (χ1) is 15.8. The van der Waals surface area contributed by atoms with Crippen molar-refractivity contribution in [1.29, 1.82) is 0 Å². The van der Waals surface area contributed by atoms with Gasteiger partial charge in [0.25, 0.3) is 0 Å². The van der Waals surface area contributed by atoms with Gasteiger partial charge in [-0.05, 0) is 63.0 Å². The number of hydrogen-bond donors (Lipinski definition) is 2. The van der Waals surface area contributed by atoms with Gasteiger partial charge in [0.2, 0.25) is 11.8 Å². The molecule has 2 unspecified atom stereocenters. The summed E-state index contributed by atoms with van der Waals surface area (Å²) in [5, 5.41) is 8.41. The van der Waals surface area contributed by atoms with Crippen molar-refractivity contribution < 1.29 is 14.3 Å². The zero-order valence-electron chi connectivity index (χ0n) is 19.8. The van der Waals surface area contributed by atoms with Crippen LogP contribution in [0, 0.1) is 0 Å². The van der Waals surface area contributed by atoms with Crippen LogP contribution in [-0.4, -0.2) is 36.1 Å². The lowest BCUT2D eigenvalue weighted by atomic mass is 9.67. The van der Waals surface area contributed by atoms with Gasteiger partial charge in [0.05, 0.1) is 5.60 Å². The van der Waals surface area contributed by atoms with E-state index in [-0.39, 0.29) is 28.4 Å². The van der Waals surface area contributed by atoms with Gasteiger partial charge in [0.15, 0.2) is 0 Å². The first-order valence-corrected chi connectivity index (χ1v) is 13.0. The van der Waals surface area contributed by atoms with Gasteiger partial charge in [-0.2, -0.15) is 0 Å². The molecule has 3 heterocycles. The summed E-state index contributed by atoms with van der Waals surface area (Å²) >= 11 is 1.71. The van der Waals surface area contributed by atoms with Crippen molar-refractivity contribution in [2.75, 3.05) is 13.2 Å². The van der Waals surface area contributed by atoms with E-state index in [1.807, 2.05) is 6.07 Å². The van der Waals surface area contributed by atoms with E-state index in [2.05, 4.69) is 66.3 Å². The van der Waals surface area contributed by atoms with Gasteiger partial charge in [-0.25, -0.2) is 0 Å². The van der Waals surface area contributed by atoms with Crippen molar-refractivity contribution in [1.82, 2.24) is 10.6 Å². The molecule has 1 aromatic carbocycles. The van der Waals surface area contributed by atoms with Crippen molar-refractivity contribution in [3.63, 3.8) is 0 Å². The predicted octanol–water partition coefficient (Wildman–Crippen LogP) is 4.75. The van der Waals surface area contributed by atoms with E-state index in [1.54, 1.807) is 11.3 Å². The summed E-state index contributed by atoms with van der Waals surface area (Å²) in [4.78, 5) is 26.0. The van der Waals surface area contributed by atoms with Gasteiger partial charge >= 0.3 is 0 Å². The molecule has 4 rings (SSSR count). The molecule has 178 valence electrons. The maximum absolute atomic E-state index is 12.8. The number of thiophene rings is 1. The Labute approximate surface area is 201 Å². The monoisotopic (exact) mass is 468 g/mol. The Morgan fingerprint density at radius 2 is 1.94 bits per heavy atom. The van der Waals surface area contributed by atoms with Crippen LogP contribution < -0.4 is 10.6 Å². The second kappa shape index (κ2) is 9.98. The number of amides is 2. The van der Waals surface area contributed by atoms with E-state index < -0.39 is 0 Å². The molecule has 5 nitrogen and oxygen atoms in total. The Hall–Kier alpha value is -2.18. The van der Waals surface area contributed by atoms with Crippen LogP contribution in [-0.2, 0) is 26.2 Å². The number of rotatable bonds is 9. The number of carbonyl (C=O) groups is 2. The third-order valence-electron chi connectivity index (χ3n) is 7.31. The summed E-state index contributed by atoms with van der Waals surface area (Å²) in [6.07, 6.45) is 6.05. The summed E-state index contributed by atoms with van der Waals surface area (Å²) in [7, 11) is 0. The highest BCUT2D eigenvalue weighted by Gasteiger charge is 2.42. The van der Waals surface area contributed by atoms with E-state index in [9.17, 15) is 9.59 Å². The van der Waals surface area contributed by atoms with Crippen LogP contribution in [0.1, 0.15) is 69.2 Å². The fraction of sp³-hybridized carbons (Fsp3) is 0.556. The molecule has 2 saturated heterocycles. The standard InChI is InChI=1S/C27H36N2O3S/c1-25(2)20-26(15-17-32-25,21-7-4-3-5-8-21)14-16-28-23(30)10-12-27(13-11-24(31)29-27)19-22-9-6-18-33-22/h3-9,18H,10-17,19-20H2,1-2H3,(H,28,30)(H,29,31). The van der Waals surface area contributed by atoms with E-state index >= 15 is 0 Å². The normalized spacial score (nSPS) is 26.7. The number of hydrogen-bond acceptors (Lipinski definition) is 4. The quantitative estimate of drug-likeness (QED) is 0.558. The van der Waals surface area contributed by atoms with Crippen LogP contribution in [0.25, 0.3) is 0 Å². The molecule has 0 saturated carbocycles. The van der Waals surface area contributed by atoms with Gasteiger partial charge in [0.1, 0.15) is 0 Å². The molecule has 2 aromatic rings. The average molecular weight is 469 g/mol. The maximum atomic E-state index is 12.8. The first kappa shape index (κ1) is 24.0. The summed E-state index contributed by atoms with van der Waals surface area (Å²) in [5.41, 5.74) is 0.873. The van der Waals surface area contributed by atoms with Crippen molar-refractivity contribution in [2.45, 2.75) is 81.8 Å². The average Bonchev–Trinajstić information content (AvgIpc) is 3.42. The fourth-order valence-electron chi connectivity index (χ4n) is 5.68. The highest BCUT2D eigenvalue weighted by Crippen LogP contribution is 2.43. The first-order valence-electron chi connectivity index (χ1n) is 12.1. The summed E-state index contributed by atoms with van der Waals surface area (Å²) in [5.74, 6) is 0.162. The zero-order valence-corrected chi connectivity index (χ0v) is 20.6. The minimum atomic E-state index is -0.296. The van der Waals surface area contributed by atoms with Crippen LogP contribution in [0.3, 0.4) is 0 Å². The van der Waals surface area contributed by atoms with Crippen LogP contribution in [0.5, 0.6) is 0 Å². The molecule has 2 fully saturated rings. The van der Waals surface area contributed by atoms with Crippen molar-refractivity contribution in [3.8, 4) is 0 Å². The van der Waals surface area contributed by atoms with Crippen molar-refractivity contribution >= 4 is 23.2 Å². The molecule has 2 atom stereocenters. The van der Waals surface area contributed by atoms with Crippen molar-refractivity contribution in [2.24, 2.45) is 0 Å². The number of benzene rings is 1. The summed E-state index contributed by atoms with van der Waals surface area (Å²) in [6, 6.07) is 14.8. The van der Waals surface area contributed by atoms with E-state index in [0.717, 1.165) is 38.7 Å². The highest BCUT2D eigenvalue weighted by molar-refractivity contribution is 7.09. The van der Waals surface area contributed by atoms with Crippen molar-refractivity contribution in [3.05, 3.63) is 58.3 Å². The molecule has 33 heavy (non-hydrogen) atoms. The van der Waals surface area contributed by atoms with Gasteiger partial charge in [0, 0.05) is 48.2 Å². The molecule has 2 aliphatic rings. The second-order valence-electron chi connectivity index (χ2n) is 10.4. The molecule has 2 N–H and O–H groups in total. The largest absolute Gasteiger partial charge is 0.376 e. The van der Waals surface area contributed by atoms with Crippen LogP contribution in [0.4, 0.5) is 0 Å². The maximum Gasteiger partial charge on any atom is 0.220 e. The molecular weight excluding hydrogens is 432 g/mol. The fourth-order valence-corrected chi connectivity index (χ4v) is 6.53. The van der Waals surface area contributed by atoms with Gasteiger partial charge in [-0.15, -0.1) is 11.3 Å². The van der Waals surface area contributed by atoms with Crippen LogP contribution in [0.2, 0.25) is 0 Å². The number of ether oxygens (including phenoxy) is 1. The lowest BCUT2D eigenvalue weighted by molar-refractivity contribution is -0.123. The predicted molar refractivity (Wildman–Crippen MR) is 132 cm³/mol. The summed E-state index contributed by atoms with van der Waals surface area (Å²) in [6.45, 7) is 5.70. The van der Waals surface area contributed by atoms with Gasteiger partial charge in [-0.1, -0.05) is 36.4 Å². The lowest BCUT2D eigenvalue weighted by Crippen LogP contribution is -2.46. The minimum absolute atomic E-state index is 0.0100. The molecule has 0 aliphatic carbocycles. The lowest BCUT2D eigenvalue weighted by Gasteiger charge is -2.45. The molecule has 0 radical (unpaired) electrons. The highest BCUT2D eigenvalue weighted by atomic mass is 32.1. The molecule has 6 heteroatoms. The Morgan fingerprint density at radius 1 is 1.12 bits per heavy atom. The Bertz CT molecular complexity index is 944. The molecule has 0 bridgehead atoms. The topological polar surface area (TPSA) is 67.4 Å². The van der Waals surface area contributed by atoms with Gasteiger partial charge < -0.3 is 15.4 Å². The zero-order chi connectivity index (χ0) is 23.4. The smallest absolute Gasteiger partial charge is 0.220 e. The second-order valence-corrected chi connectivity index (χ2v) is 11.4. The minimum Gasteiger partial charge on any atom is -0.376 e.